The minimum atomic E-state index is 0.662. The van der Waals surface area contributed by atoms with Crippen LogP contribution in [0.4, 0.5) is 0 Å². The summed E-state index contributed by atoms with van der Waals surface area (Å²) in [5.74, 6) is 0. The Balaban J connectivity index is 2.95. The highest BCUT2D eigenvalue weighted by molar-refractivity contribution is 4.63. The number of hydrogen-bond donors (Lipinski definition) is 1. The molecule has 1 radical (unpaired) electrons. The first kappa shape index (κ1) is 8.96. The molecule has 0 fully saturated rings. The van der Waals surface area contributed by atoms with Gasteiger partial charge in [-0.3, -0.25) is 0 Å². The molecule has 0 saturated carbocycles. The molecule has 1 N–H and O–H groups in total. The van der Waals surface area contributed by atoms with Crippen molar-refractivity contribution in [2.45, 2.75) is 46.1 Å². The van der Waals surface area contributed by atoms with Gasteiger partial charge >= 0.3 is 0 Å². The van der Waals surface area contributed by atoms with E-state index < -0.39 is 0 Å². The second kappa shape index (κ2) is 6.09. The van der Waals surface area contributed by atoms with Crippen LogP contribution in [-0.2, 0) is 0 Å². The minimum Gasteiger partial charge on any atom is -0.310 e. The van der Waals surface area contributed by atoms with Gasteiger partial charge in [0.15, 0.2) is 0 Å². The molecule has 0 aromatic heterocycles. The van der Waals surface area contributed by atoms with E-state index in [2.05, 4.69) is 19.2 Å². The lowest BCUT2D eigenvalue weighted by Gasteiger charge is -2.09. The Kier molecular flexibility index (Phi) is 6.06. The van der Waals surface area contributed by atoms with E-state index in [1.807, 2.05) is 13.5 Å². The van der Waals surface area contributed by atoms with E-state index in [0.717, 1.165) is 0 Å². The molecule has 1 unspecified atom stereocenters. The molecule has 0 bridgehead atoms. The van der Waals surface area contributed by atoms with E-state index >= 15 is 0 Å². The molecule has 1 heteroatoms. The third kappa shape index (κ3) is 5.84. The highest BCUT2D eigenvalue weighted by atomic mass is 14.9. The Labute approximate surface area is 58.8 Å². The maximum atomic E-state index is 3.26. The van der Waals surface area contributed by atoms with E-state index in [1.54, 1.807) is 0 Å². The first-order valence-electron chi connectivity index (χ1n) is 3.85. The van der Waals surface area contributed by atoms with Crippen LogP contribution >= 0.6 is 0 Å². The molecule has 0 aliphatic carbocycles. The average molecular weight is 128 g/mol. The van der Waals surface area contributed by atoms with Crippen molar-refractivity contribution >= 4 is 0 Å². The lowest BCUT2D eigenvalue weighted by Crippen LogP contribution is -2.21. The Morgan fingerprint density at radius 2 is 2.22 bits per heavy atom. The van der Waals surface area contributed by atoms with Crippen molar-refractivity contribution in [3.05, 3.63) is 6.54 Å². The van der Waals surface area contributed by atoms with Crippen molar-refractivity contribution < 1.29 is 0 Å². The average Bonchev–Trinajstić information content (AvgIpc) is 1.85. The summed E-state index contributed by atoms with van der Waals surface area (Å²) in [5.41, 5.74) is 0. The first-order valence-corrected chi connectivity index (χ1v) is 3.85. The highest BCUT2D eigenvalue weighted by Crippen LogP contribution is 1.98. The summed E-state index contributed by atoms with van der Waals surface area (Å²) < 4.78 is 0. The second-order valence-corrected chi connectivity index (χ2v) is 2.50. The van der Waals surface area contributed by atoms with Gasteiger partial charge in [0.1, 0.15) is 0 Å². The molecule has 0 aliphatic rings. The van der Waals surface area contributed by atoms with Crippen LogP contribution in [0.1, 0.15) is 40.0 Å². The van der Waals surface area contributed by atoms with Gasteiger partial charge in [-0.05, 0) is 20.3 Å². The monoisotopic (exact) mass is 128 g/mol. The molecular formula is C8H18N. The maximum absolute atomic E-state index is 3.26. The molecule has 0 spiro atoms. The fraction of sp³-hybridized carbons (Fsp3) is 0.875. The van der Waals surface area contributed by atoms with Crippen LogP contribution in [-0.4, -0.2) is 6.04 Å². The molecule has 1 atom stereocenters. The van der Waals surface area contributed by atoms with E-state index in [9.17, 15) is 0 Å². The fourth-order valence-electron chi connectivity index (χ4n) is 0.878. The quantitative estimate of drug-likeness (QED) is 0.599. The molecule has 0 aromatic carbocycles. The van der Waals surface area contributed by atoms with Crippen LogP contribution in [0.2, 0.25) is 0 Å². The third-order valence-electron chi connectivity index (χ3n) is 1.44. The SMILES string of the molecule is C[CH]NC(C)CCCC. The van der Waals surface area contributed by atoms with Crippen molar-refractivity contribution in [3.63, 3.8) is 0 Å². The Hall–Kier alpha value is -0.0400. The molecule has 0 rings (SSSR count). The molecule has 1 nitrogen and oxygen atoms in total. The summed E-state index contributed by atoms with van der Waals surface area (Å²) in [6.07, 6.45) is 3.93. The summed E-state index contributed by atoms with van der Waals surface area (Å²) in [5, 5.41) is 3.26. The van der Waals surface area contributed by atoms with Crippen LogP contribution in [0.3, 0.4) is 0 Å². The second-order valence-electron chi connectivity index (χ2n) is 2.50. The number of hydrogen-bond acceptors (Lipinski definition) is 1. The molecule has 0 saturated heterocycles. The predicted molar refractivity (Wildman–Crippen MR) is 42.1 cm³/mol. The predicted octanol–water partition coefficient (Wildman–Crippen LogP) is 2.34. The van der Waals surface area contributed by atoms with Crippen molar-refractivity contribution in [2.75, 3.05) is 0 Å². The smallest absolute Gasteiger partial charge is 0.0192 e. The zero-order chi connectivity index (χ0) is 7.11. The van der Waals surface area contributed by atoms with Gasteiger partial charge in [0.25, 0.3) is 0 Å². The summed E-state index contributed by atoms with van der Waals surface area (Å²) in [6.45, 7) is 8.49. The van der Waals surface area contributed by atoms with Gasteiger partial charge in [-0.1, -0.05) is 19.8 Å². The van der Waals surface area contributed by atoms with Gasteiger partial charge in [-0.25, -0.2) is 0 Å². The molecule has 0 heterocycles. The molecular weight excluding hydrogens is 110 g/mol. The van der Waals surface area contributed by atoms with Crippen LogP contribution < -0.4 is 5.32 Å². The normalized spacial score (nSPS) is 13.7. The maximum Gasteiger partial charge on any atom is 0.0192 e. The van der Waals surface area contributed by atoms with Gasteiger partial charge < -0.3 is 5.32 Å². The minimum absolute atomic E-state index is 0.662. The first-order chi connectivity index (χ1) is 4.31. The Bertz CT molecular complexity index is 52.5. The van der Waals surface area contributed by atoms with E-state index in [0.29, 0.717) is 6.04 Å². The van der Waals surface area contributed by atoms with E-state index in [4.69, 9.17) is 0 Å². The summed E-state index contributed by atoms with van der Waals surface area (Å²) in [4.78, 5) is 0. The largest absolute Gasteiger partial charge is 0.310 e. The summed E-state index contributed by atoms with van der Waals surface area (Å²) in [6, 6.07) is 0.662. The van der Waals surface area contributed by atoms with Crippen LogP contribution in [0, 0.1) is 6.54 Å². The van der Waals surface area contributed by atoms with Gasteiger partial charge in [-0.2, -0.15) is 0 Å². The summed E-state index contributed by atoms with van der Waals surface area (Å²) in [7, 11) is 0. The zero-order valence-electron chi connectivity index (χ0n) is 6.78. The molecule has 0 amide bonds. The van der Waals surface area contributed by atoms with Crippen LogP contribution in [0.5, 0.6) is 0 Å². The van der Waals surface area contributed by atoms with Crippen LogP contribution in [0.15, 0.2) is 0 Å². The standard InChI is InChI=1S/C8H18N/c1-4-6-7-8(3)9-5-2/h5,8-9H,4,6-7H2,1-3H3. The van der Waals surface area contributed by atoms with Gasteiger partial charge in [0.05, 0.1) is 0 Å². The molecule has 0 aliphatic heterocycles. The lowest BCUT2D eigenvalue weighted by atomic mass is 10.1. The van der Waals surface area contributed by atoms with Gasteiger partial charge in [0.2, 0.25) is 0 Å². The van der Waals surface area contributed by atoms with Crippen molar-refractivity contribution in [2.24, 2.45) is 0 Å². The highest BCUT2D eigenvalue weighted by Gasteiger charge is 1.95. The fourth-order valence-corrected chi connectivity index (χ4v) is 0.878. The van der Waals surface area contributed by atoms with Crippen molar-refractivity contribution in [3.8, 4) is 0 Å². The number of rotatable bonds is 5. The van der Waals surface area contributed by atoms with Crippen LogP contribution in [0.25, 0.3) is 0 Å². The topological polar surface area (TPSA) is 12.0 Å². The Morgan fingerprint density at radius 1 is 1.56 bits per heavy atom. The number of unbranched alkanes of at least 4 members (excludes halogenated alkanes) is 1. The third-order valence-corrected chi connectivity index (χ3v) is 1.44. The molecule has 9 heavy (non-hydrogen) atoms. The summed E-state index contributed by atoms with van der Waals surface area (Å²) >= 11 is 0. The molecule has 0 aromatic rings. The van der Waals surface area contributed by atoms with E-state index in [1.165, 1.54) is 19.3 Å². The van der Waals surface area contributed by atoms with Crippen molar-refractivity contribution in [1.82, 2.24) is 5.32 Å². The molecule has 55 valence electrons. The van der Waals surface area contributed by atoms with Gasteiger partial charge in [0, 0.05) is 12.6 Å². The zero-order valence-corrected chi connectivity index (χ0v) is 6.78. The lowest BCUT2D eigenvalue weighted by molar-refractivity contribution is 0.537. The number of nitrogens with one attached hydrogen (secondary N) is 1. The van der Waals surface area contributed by atoms with Crippen molar-refractivity contribution in [1.29, 1.82) is 0 Å². The van der Waals surface area contributed by atoms with Gasteiger partial charge in [-0.15, -0.1) is 0 Å². The Morgan fingerprint density at radius 3 is 2.67 bits per heavy atom. The van der Waals surface area contributed by atoms with E-state index in [-0.39, 0.29) is 0 Å².